The van der Waals surface area contributed by atoms with E-state index in [2.05, 4.69) is 10.1 Å². The van der Waals surface area contributed by atoms with E-state index in [0.717, 1.165) is 10.4 Å². The Kier molecular flexibility index (Phi) is 4.49. The topological polar surface area (TPSA) is 74.2 Å². The van der Waals surface area contributed by atoms with Gasteiger partial charge in [-0.05, 0) is 38.6 Å². The van der Waals surface area contributed by atoms with Gasteiger partial charge in [0.05, 0.1) is 17.7 Å². The molecule has 2 aromatic rings. The molecule has 0 amide bonds. The van der Waals surface area contributed by atoms with Crippen LogP contribution in [-0.2, 0) is 10.3 Å². The third-order valence-corrected chi connectivity index (χ3v) is 4.43. The number of thiophene rings is 1. The Morgan fingerprint density at radius 1 is 1.55 bits per heavy atom. The number of aromatic nitrogens is 2. The lowest BCUT2D eigenvalue weighted by atomic mass is 10.1. The molecule has 2 heterocycles. The Bertz CT molecular complexity index is 592. The molecule has 20 heavy (non-hydrogen) atoms. The van der Waals surface area contributed by atoms with Crippen molar-refractivity contribution in [2.24, 2.45) is 5.73 Å². The van der Waals surface area contributed by atoms with E-state index in [1.54, 1.807) is 0 Å². The predicted molar refractivity (Wildman–Crippen MR) is 80.0 cm³/mol. The first-order valence-electron chi connectivity index (χ1n) is 6.30. The van der Waals surface area contributed by atoms with Crippen LogP contribution in [0.15, 0.2) is 9.90 Å². The molecule has 0 bridgehead atoms. The quantitative estimate of drug-likeness (QED) is 0.915. The minimum absolute atomic E-state index is 0.0960. The fraction of sp³-hybridized carbons (Fsp3) is 0.538. The van der Waals surface area contributed by atoms with Crippen molar-refractivity contribution in [3.63, 3.8) is 0 Å². The smallest absolute Gasteiger partial charge is 0.269 e. The Morgan fingerprint density at radius 2 is 2.25 bits per heavy atom. The summed E-state index contributed by atoms with van der Waals surface area (Å²) in [6, 6.07) is 0. The van der Waals surface area contributed by atoms with Crippen LogP contribution < -0.4 is 5.73 Å². The van der Waals surface area contributed by atoms with Gasteiger partial charge >= 0.3 is 0 Å². The summed E-state index contributed by atoms with van der Waals surface area (Å²) in [5, 5.41) is 6.54. The maximum Gasteiger partial charge on any atom is 0.269 e. The largest absolute Gasteiger partial charge is 0.376 e. The monoisotopic (exact) mass is 315 g/mol. The van der Waals surface area contributed by atoms with E-state index in [1.165, 1.54) is 11.3 Å². The van der Waals surface area contributed by atoms with Gasteiger partial charge in [0.1, 0.15) is 10.4 Å². The van der Waals surface area contributed by atoms with Crippen LogP contribution in [0.25, 0.3) is 10.8 Å². The number of ether oxygens (including phenoxy) is 1. The number of halogens is 1. The van der Waals surface area contributed by atoms with Crippen molar-refractivity contribution in [3.8, 4) is 10.8 Å². The molecule has 2 N–H and O–H groups in total. The fourth-order valence-electron chi connectivity index (χ4n) is 1.53. The highest BCUT2D eigenvalue weighted by atomic mass is 35.5. The van der Waals surface area contributed by atoms with Crippen LogP contribution in [0.3, 0.4) is 0 Å². The lowest BCUT2D eigenvalue weighted by Crippen LogP contribution is -2.40. The van der Waals surface area contributed by atoms with E-state index < -0.39 is 5.54 Å². The summed E-state index contributed by atoms with van der Waals surface area (Å²) in [4.78, 5) is 5.11. The molecule has 5 nitrogen and oxygen atoms in total. The summed E-state index contributed by atoms with van der Waals surface area (Å²) in [6.07, 6.45) is 0.0960. The highest BCUT2D eigenvalue weighted by Gasteiger charge is 2.29. The summed E-state index contributed by atoms with van der Waals surface area (Å²) in [7, 11) is 0. The van der Waals surface area contributed by atoms with E-state index in [1.807, 2.05) is 33.1 Å². The van der Waals surface area contributed by atoms with Gasteiger partial charge in [0.25, 0.3) is 5.89 Å². The van der Waals surface area contributed by atoms with Crippen LogP contribution in [0.4, 0.5) is 0 Å². The lowest BCUT2D eigenvalue weighted by molar-refractivity contribution is 0.0410. The van der Waals surface area contributed by atoms with Crippen molar-refractivity contribution < 1.29 is 9.26 Å². The van der Waals surface area contributed by atoms with Crippen molar-refractivity contribution in [2.75, 3.05) is 6.61 Å². The molecule has 1 atom stereocenters. The van der Waals surface area contributed by atoms with Crippen LogP contribution in [0.5, 0.6) is 0 Å². The Labute approximate surface area is 127 Å². The maximum absolute atomic E-state index is 6.20. The van der Waals surface area contributed by atoms with Crippen molar-refractivity contribution in [1.82, 2.24) is 10.1 Å². The second-order valence-corrected chi connectivity index (χ2v) is 6.52. The predicted octanol–water partition coefficient (Wildman–Crippen LogP) is 3.36. The molecular formula is C13H18ClN3O2S. The van der Waals surface area contributed by atoms with Crippen LogP contribution in [0.2, 0.25) is 5.02 Å². The molecule has 0 aliphatic heterocycles. The van der Waals surface area contributed by atoms with Crippen molar-refractivity contribution in [1.29, 1.82) is 0 Å². The summed E-state index contributed by atoms with van der Waals surface area (Å²) >= 11 is 7.67. The number of nitrogens with two attached hydrogens (primary N) is 1. The third-order valence-electron chi connectivity index (χ3n) is 2.75. The molecule has 0 aliphatic carbocycles. The Morgan fingerprint density at radius 3 is 2.80 bits per heavy atom. The van der Waals surface area contributed by atoms with Crippen molar-refractivity contribution >= 4 is 22.9 Å². The average molecular weight is 316 g/mol. The second-order valence-electron chi connectivity index (χ2n) is 5.26. The van der Waals surface area contributed by atoms with Gasteiger partial charge < -0.3 is 15.0 Å². The van der Waals surface area contributed by atoms with Gasteiger partial charge in [0.15, 0.2) is 5.82 Å². The van der Waals surface area contributed by atoms with Crippen LogP contribution in [0, 0.1) is 6.92 Å². The van der Waals surface area contributed by atoms with Gasteiger partial charge in [-0.25, -0.2) is 0 Å². The molecule has 2 aromatic heterocycles. The molecular weight excluding hydrogens is 298 g/mol. The first-order valence-corrected chi connectivity index (χ1v) is 7.55. The zero-order chi connectivity index (χ0) is 14.9. The van der Waals surface area contributed by atoms with E-state index in [0.29, 0.717) is 23.3 Å². The van der Waals surface area contributed by atoms with Crippen LogP contribution in [-0.4, -0.2) is 22.9 Å². The summed E-state index contributed by atoms with van der Waals surface area (Å²) in [5.74, 6) is 0.805. The number of aryl methyl sites for hydroxylation is 1. The highest BCUT2D eigenvalue weighted by molar-refractivity contribution is 7.14. The van der Waals surface area contributed by atoms with Gasteiger partial charge in [-0.15, -0.1) is 11.3 Å². The van der Waals surface area contributed by atoms with Gasteiger partial charge in [-0.1, -0.05) is 16.8 Å². The molecule has 0 aliphatic rings. The molecule has 0 aromatic carbocycles. The molecule has 110 valence electrons. The average Bonchev–Trinajstić information content (AvgIpc) is 2.96. The standard InChI is InChI=1S/C13H18ClN3O2S/c1-7(2)18-6-13(4,15)12-16-11(19-17-12)10-9(14)8(3)5-20-10/h5,7H,6,15H2,1-4H3. The second kappa shape index (κ2) is 5.81. The van der Waals surface area contributed by atoms with E-state index in [9.17, 15) is 0 Å². The Hall–Kier alpha value is -0.950. The number of nitrogens with zero attached hydrogens (tertiary/aromatic N) is 2. The van der Waals surface area contributed by atoms with Crippen molar-refractivity contribution in [2.45, 2.75) is 39.3 Å². The normalized spacial score (nSPS) is 14.8. The number of rotatable bonds is 5. The fourth-order valence-corrected chi connectivity index (χ4v) is 2.72. The first kappa shape index (κ1) is 15.4. The number of hydrogen-bond donors (Lipinski definition) is 1. The maximum atomic E-state index is 6.20. The minimum atomic E-state index is -0.801. The van der Waals surface area contributed by atoms with Crippen molar-refractivity contribution in [3.05, 3.63) is 21.8 Å². The summed E-state index contributed by atoms with van der Waals surface area (Å²) in [6.45, 7) is 7.97. The SMILES string of the molecule is Cc1csc(-c2nc(C(C)(N)COC(C)C)no2)c1Cl. The molecule has 0 radical (unpaired) electrons. The minimum Gasteiger partial charge on any atom is -0.376 e. The number of hydrogen-bond acceptors (Lipinski definition) is 6. The van der Waals surface area contributed by atoms with E-state index in [4.69, 9.17) is 26.6 Å². The zero-order valence-corrected chi connectivity index (χ0v) is 13.5. The van der Waals surface area contributed by atoms with E-state index >= 15 is 0 Å². The molecule has 1 unspecified atom stereocenters. The molecule has 7 heteroatoms. The molecule has 0 saturated heterocycles. The van der Waals surface area contributed by atoms with Gasteiger partial charge in [-0.3, -0.25) is 0 Å². The lowest BCUT2D eigenvalue weighted by Gasteiger charge is -2.21. The molecule has 0 saturated carbocycles. The summed E-state index contributed by atoms with van der Waals surface area (Å²) < 4.78 is 10.8. The van der Waals surface area contributed by atoms with Gasteiger partial charge in [0.2, 0.25) is 0 Å². The molecule has 2 rings (SSSR count). The highest BCUT2D eigenvalue weighted by Crippen LogP contribution is 2.35. The molecule has 0 fully saturated rings. The molecule has 0 spiro atoms. The van der Waals surface area contributed by atoms with Crippen LogP contribution >= 0.6 is 22.9 Å². The summed E-state index contributed by atoms with van der Waals surface area (Å²) in [5.41, 5.74) is 6.37. The third kappa shape index (κ3) is 3.20. The van der Waals surface area contributed by atoms with Gasteiger partial charge in [0, 0.05) is 0 Å². The zero-order valence-electron chi connectivity index (χ0n) is 11.9. The van der Waals surface area contributed by atoms with E-state index in [-0.39, 0.29) is 6.10 Å². The first-order chi connectivity index (χ1) is 9.31. The van der Waals surface area contributed by atoms with Gasteiger partial charge in [-0.2, -0.15) is 4.98 Å². The van der Waals surface area contributed by atoms with Crippen LogP contribution in [0.1, 0.15) is 32.2 Å². The Balaban J connectivity index is 2.22.